The fourth-order valence-electron chi connectivity index (χ4n) is 0.853. The summed E-state index contributed by atoms with van der Waals surface area (Å²) in [4.78, 5) is 29.9. The first kappa shape index (κ1) is 19.4. The van der Waals surface area contributed by atoms with Gasteiger partial charge >= 0.3 is 17.9 Å². The minimum Gasteiger partial charge on any atom is -0.481 e. The standard InChI is InChI=1S/C7H12O4.C5H8O3/c1-6(8)11-5-3-2-4-7(9)10;6-4-2-1-3-5(7)8/h2-5H2,1H3,(H,9,10);1,3,6H,2,4H2,(H,7,8). The van der Waals surface area contributed by atoms with Crippen LogP contribution in [0.15, 0.2) is 12.2 Å². The fourth-order valence-corrected chi connectivity index (χ4v) is 0.853. The van der Waals surface area contributed by atoms with E-state index < -0.39 is 11.9 Å². The molecule has 0 aromatic rings. The molecule has 0 radical (unpaired) electrons. The molecule has 0 spiro atoms. The molecule has 0 amide bonds. The van der Waals surface area contributed by atoms with Crippen molar-refractivity contribution in [3.05, 3.63) is 12.2 Å². The Balaban J connectivity index is 0. The molecule has 0 aliphatic carbocycles. The van der Waals surface area contributed by atoms with Crippen LogP contribution in [-0.2, 0) is 19.1 Å². The highest BCUT2D eigenvalue weighted by Crippen LogP contribution is 1.95. The Morgan fingerprint density at radius 1 is 1.16 bits per heavy atom. The minimum atomic E-state index is -0.974. The Hall–Kier alpha value is -1.89. The highest BCUT2D eigenvalue weighted by molar-refractivity contribution is 5.79. The number of hydrogen-bond donors (Lipinski definition) is 3. The number of aliphatic hydroxyl groups is 1. The van der Waals surface area contributed by atoms with Gasteiger partial charge in [0.05, 0.1) is 6.61 Å². The summed E-state index contributed by atoms with van der Waals surface area (Å²) in [5.74, 6) is -2.10. The Labute approximate surface area is 111 Å². The van der Waals surface area contributed by atoms with Crippen LogP contribution in [0.4, 0.5) is 0 Å². The largest absolute Gasteiger partial charge is 0.481 e. The van der Waals surface area contributed by atoms with Crippen molar-refractivity contribution in [2.75, 3.05) is 13.2 Å². The predicted octanol–water partition coefficient (Wildman–Crippen LogP) is 0.814. The molecular weight excluding hydrogens is 256 g/mol. The van der Waals surface area contributed by atoms with E-state index in [0.717, 1.165) is 6.08 Å². The Bertz CT molecular complexity index is 280. The Morgan fingerprint density at radius 3 is 2.21 bits per heavy atom. The van der Waals surface area contributed by atoms with E-state index in [4.69, 9.17) is 15.3 Å². The third kappa shape index (κ3) is 26.0. The van der Waals surface area contributed by atoms with Crippen LogP contribution in [0.5, 0.6) is 0 Å². The third-order valence-corrected chi connectivity index (χ3v) is 1.65. The summed E-state index contributed by atoms with van der Waals surface area (Å²) in [6.07, 6.45) is 4.14. The zero-order valence-electron chi connectivity index (χ0n) is 10.9. The second kappa shape index (κ2) is 14.2. The smallest absolute Gasteiger partial charge is 0.327 e. The number of esters is 1. The topological polar surface area (TPSA) is 121 Å². The van der Waals surface area contributed by atoms with E-state index in [1.165, 1.54) is 13.0 Å². The van der Waals surface area contributed by atoms with Crippen LogP contribution in [0.1, 0.15) is 32.6 Å². The zero-order chi connectivity index (χ0) is 15.1. The summed E-state index contributed by atoms with van der Waals surface area (Å²) in [6.45, 7) is 1.66. The molecular formula is C12H20O7. The van der Waals surface area contributed by atoms with Crippen molar-refractivity contribution < 1.29 is 34.4 Å². The molecule has 7 nitrogen and oxygen atoms in total. The number of carbonyl (C=O) groups excluding carboxylic acids is 1. The normalized spacial score (nSPS) is 9.58. The van der Waals surface area contributed by atoms with Crippen molar-refractivity contribution in [1.82, 2.24) is 0 Å². The molecule has 19 heavy (non-hydrogen) atoms. The van der Waals surface area contributed by atoms with Crippen molar-refractivity contribution in [3.8, 4) is 0 Å². The molecule has 0 heterocycles. The Kier molecular flexibility index (Phi) is 14.5. The van der Waals surface area contributed by atoms with Crippen LogP contribution in [0.25, 0.3) is 0 Å². The lowest BCUT2D eigenvalue weighted by atomic mass is 10.2. The molecule has 3 N–H and O–H groups in total. The number of carbonyl (C=O) groups is 3. The maximum absolute atomic E-state index is 10.2. The molecule has 0 saturated heterocycles. The van der Waals surface area contributed by atoms with Gasteiger partial charge in [-0.25, -0.2) is 4.79 Å². The van der Waals surface area contributed by atoms with Crippen molar-refractivity contribution in [3.63, 3.8) is 0 Å². The van der Waals surface area contributed by atoms with Gasteiger partial charge < -0.3 is 20.1 Å². The van der Waals surface area contributed by atoms with Crippen LogP contribution >= 0.6 is 0 Å². The summed E-state index contributed by atoms with van der Waals surface area (Å²) >= 11 is 0. The molecule has 110 valence electrons. The summed E-state index contributed by atoms with van der Waals surface area (Å²) in [5.41, 5.74) is 0. The van der Waals surface area contributed by atoms with Gasteiger partial charge in [0.15, 0.2) is 0 Å². The highest BCUT2D eigenvalue weighted by atomic mass is 16.5. The molecule has 0 bridgehead atoms. The van der Waals surface area contributed by atoms with Crippen LogP contribution < -0.4 is 0 Å². The summed E-state index contributed by atoms with van der Waals surface area (Å²) < 4.78 is 4.59. The first-order chi connectivity index (χ1) is 8.90. The van der Waals surface area contributed by atoms with E-state index in [2.05, 4.69) is 4.74 Å². The lowest BCUT2D eigenvalue weighted by Crippen LogP contribution is -2.01. The average molecular weight is 276 g/mol. The molecule has 7 heteroatoms. The zero-order valence-corrected chi connectivity index (χ0v) is 10.9. The third-order valence-electron chi connectivity index (χ3n) is 1.65. The molecule has 0 aliphatic rings. The van der Waals surface area contributed by atoms with E-state index in [1.807, 2.05) is 0 Å². The number of aliphatic hydroxyl groups excluding tert-OH is 1. The maximum atomic E-state index is 10.2. The first-order valence-corrected chi connectivity index (χ1v) is 5.75. The van der Waals surface area contributed by atoms with Crippen molar-refractivity contribution in [2.45, 2.75) is 32.6 Å². The number of hydrogen-bond acceptors (Lipinski definition) is 5. The molecule has 0 saturated carbocycles. The first-order valence-electron chi connectivity index (χ1n) is 5.75. The molecule has 0 aliphatic heterocycles. The van der Waals surface area contributed by atoms with Crippen molar-refractivity contribution in [2.24, 2.45) is 0 Å². The molecule has 0 atom stereocenters. The number of carboxylic acids is 2. The van der Waals surface area contributed by atoms with Gasteiger partial charge in [0.25, 0.3) is 0 Å². The van der Waals surface area contributed by atoms with Crippen LogP contribution in [0.3, 0.4) is 0 Å². The van der Waals surface area contributed by atoms with Gasteiger partial charge in [-0.3, -0.25) is 9.59 Å². The number of carboxylic acid groups (broad SMARTS) is 2. The van der Waals surface area contributed by atoms with Gasteiger partial charge in [-0.05, 0) is 19.3 Å². The van der Waals surface area contributed by atoms with E-state index in [0.29, 0.717) is 25.9 Å². The van der Waals surface area contributed by atoms with Gasteiger partial charge in [-0.15, -0.1) is 0 Å². The minimum absolute atomic E-state index is 0.00375. The van der Waals surface area contributed by atoms with Gasteiger partial charge in [-0.1, -0.05) is 6.08 Å². The lowest BCUT2D eigenvalue weighted by molar-refractivity contribution is -0.141. The van der Waals surface area contributed by atoms with Gasteiger partial charge in [0.1, 0.15) is 0 Å². The SMILES string of the molecule is CC(=O)OCCCCC(=O)O.O=C(O)C=CCCO. The molecule has 0 fully saturated rings. The number of aliphatic carboxylic acids is 2. The van der Waals surface area contributed by atoms with E-state index in [9.17, 15) is 14.4 Å². The number of unbranched alkanes of at least 4 members (excludes halogenated alkanes) is 1. The van der Waals surface area contributed by atoms with E-state index in [1.54, 1.807) is 0 Å². The summed E-state index contributed by atoms with van der Waals surface area (Å²) in [5, 5.41) is 24.3. The number of rotatable bonds is 8. The van der Waals surface area contributed by atoms with Crippen molar-refractivity contribution in [1.29, 1.82) is 0 Å². The summed E-state index contributed by atoms with van der Waals surface area (Å²) in [7, 11) is 0. The van der Waals surface area contributed by atoms with Crippen molar-refractivity contribution >= 4 is 17.9 Å². The molecule has 0 aromatic heterocycles. The quantitative estimate of drug-likeness (QED) is 0.341. The Morgan fingerprint density at radius 2 is 1.79 bits per heavy atom. The monoisotopic (exact) mass is 276 g/mol. The van der Waals surface area contributed by atoms with Gasteiger partial charge in [0.2, 0.25) is 0 Å². The highest BCUT2D eigenvalue weighted by Gasteiger charge is 1.97. The molecule has 0 unspecified atom stereocenters. The van der Waals surface area contributed by atoms with E-state index >= 15 is 0 Å². The average Bonchev–Trinajstić information content (AvgIpc) is 2.28. The maximum Gasteiger partial charge on any atom is 0.327 e. The second-order valence-electron chi connectivity index (χ2n) is 3.44. The summed E-state index contributed by atoms with van der Waals surface area (Å²) in [6, 6.07) is 0. The number of ether oxygens (including phenoxy) is 1. The predicted molar refractivity (Wildman–Crippen MR) is 66.6 cm³/mol. The van der Waals surface area contributed by atoms with Crippen LogP contribution in [-0.4, -0.2) is 46.4 Å². The van der Waals surface area contributed by atoms with Gasteiger partial charge in [0, 0.05) is 26.0 Å². The fraction of sp³-hybridized carbons (Fsp3) is 0.583. The second-order valence-corrected chi connectivity index (χ2v) is 3.44. The van der Waals surface area contributed by atoms with Crippen LogP contribution in [0, 0.1) is 0 Å². The molecule has 0 aromatic carbocycles. The molecule has 0 rings (SSSR count). The lowest BCUT2D eigenvalue weighted by Gasteiger charge is -1.98. The van der Waals surface area contributed by atoms with Crippen LogP contribution in [0.2, 0.25) is 0 Å². The van der Waals surface area contributed by atoms with Gasteiger partial charge in [-0.2, -0.15) is 0 Å². The van der Waals surface area contributed by atoms with E-state index in [-0.39, 0.29) is 19.0 Å².